The van der Waals surface area contributed by atoms with E-state index in [-0.39, 0.29) is 36.3 Å². The Morgan fingerprint density at radius 2 is 2.12 bits per heavy atom. The van der Waals surface area contributed by atoms with Crippen LogP contribution in [0.4, 0.5) is 0 Å². The molecule has 1 saturated carbocycles. The second-order valence-electron chi connectivity index (χ2n) is 6.65. The van der Waals surface area contributed by atoms with Crippen molar-refractivity contribution in [2.45, 2.75) is 44.9 Å². The second kappa shape index (κ2) is 7.80. The minimum atomic E-state index is -0.265. The molecule has 1 aliphatic carbocycles. The number of hydrogen-bond acceptors (Lipinski definition) is 5. The van der Waals surface area contributed by atoms with Gasteiger partial charge in [0, 0.05) is 13.2 Å². The third kappa shape index (κ3) is 4.08. The van der Waals surface area contributed by atoms with Gasteiger partial charge in [0.25, 0.3) is 5.91 Å². The van der Waals surface area contributed by atoms with Crippen LogP contribution in [0.15, 0.2) is 34.9 Å². The summed E-state index contributed by atoms with van der Waals surface area (Å²) in [7, 11) is 1.57. The first-order chi connectivity index (χ1) is 12.1. The number of nitrogens with zero attached hydrogens (tertiary/aromatic N) is 1. The standard InChI is InChI=1S/C19H24N2O4/c1-12-16(11-24-2)18(21-25-12)19(23)20-17(14-9-15(22)10-14)8-13-6-4-3-5-7-13/h3-7,14-15,17,22H,8-11H2,1-2H3,(H,20,23)/t14?,15?,17-/m0/s1. The van der Waals surface area contributed by atoms with Crippen LogP contribution >= 0.6 is 0 Å². The third-order valence-electron chi connectivity index (χ3n) is 4.82. The maximum atomic E-state index is 12.7. The van der Waals surface area contributed by atoms with Crippen molar-refractivity contribution in [3.05, 3.63) is 52.9 Å². The van der Waals surface area contributed by atoms with Gasteiger partial charge in [-0.1, -0.05) is 35.5 Å². The molecule has 134 valence electrons. The summed E-state index contributed by atoms with van der Waals surface area (Å²) in [5.74, 6) is 0.593. The summed E-state index contributed by atoms with van der Waals surface area (Å²) in [6, 6.07) is 9.99. The minimum Gasteiger partial charge on any atom is -0.393 e. The minimum absolute atomic E-state index is 0.0503. The fraction of sp³-hybridized carbons (Fsp3) is 0.474. The number of rotatable bonds is 7. The number of nitrogens with one attached hydrogen (secondary N) is 1. The van der Waals surface area contributed by atoms with Gasteiger partial charge in [0.2, 0.25) is 0 Å². The van der Waals surface area contributed by atoms with Crippen LogP contribution in [-0.4, -0.2) is 35.4 Å². The SMILES string of the molecule is COCc1c(C(=O)N[C@@H](Cc2ccccc2)C2CC(O)C2)noc1C. The van der Waals surface area contributed by atoms with Gasteiger partial charge in [-0.3, -0.25) is 4.79 Å². The largest absolute Gasteiger partial charge is 0.393 e. The van der Waals surface area contributed by atoms with Gasteiger partial charge in [0.1, 0.15) is 5.76 Å². The number of amides is 1. The van der Waals surface area contributed by atoms with Gasteiger partial charge in [-0.05, 0) is 37.7 Å². The number of benzene rings is 1. The molecule has 1 aromatic heterocycles. The Bertz CT molecular complexity index is 707. The summed E-state index contributed by atoms with van der Waals surface area (Å²) >= 11 is 0. The van der Waals surface area contributed by atoms with Crippen LogP contribution < -0.4 is 5.32 Å². The first-order valence-electron chi connectivity index (χ1n) is 8.55. The smallest absolute Gasteiger partial charge is 0.274 e. The van der Waals surface area contributed by atoms with Crippen molar-refractivity contribution in [1.82, 2.24) is 10.5 Å². The fourth-order valence-corrected chi connectivity index (χ4v) is 3.28. The normalized spacial score (nSPS) is 20.8. The van der Waals surface area contributed by atoms with Gasteiger partial charge in [0.05, 0.1) is 18.3 Å². The van der Waals surface area contributed by atoms with Gasteiger partial charge < -0.3 is 19.7 Å². The molecule has 2 N–H and O–H groups in total. The number of hydrogen-bond donors (Lipinski definition) is 2. The highest BCUT2D eigenvalue weighted by molar-refractivity contribution is 5.94. The number of carbonyl (C=O) groups is 1. The second-order valence-corrected chi connectivity index (χ2v) is 6.65. The van der Waals surface area contributed by atoms with Gasteiger partial charge in [0.15, 0.2) is 5.69 Å². The van der Waals surface area contributed by atoms with Crippen molar-refractivity contribution in [2.24, 2.45) is 5.92 Å². The van der Waals surface area contributed by atoms with E-state index in [9.17, 15) is 9.90 Å². The Morgan fingerprint density at radius 1 is 1.40 bits per heavy atom. The molecule has 3 rings (SSSR count). The molecule has 1 fully saturated rings. The van der Waals surface area contributed by atoms with E-state index in [1.165, 1.54) is 0 Å². The predicted molar refractivity (Wildman–Crippen MR) is 92.1 cm³/mol. The van der Waals surface area contributed by atoms with E-state index in [4.69, 9.17) is 9.26 Å². The Kier molecular flexibility index (Phi) is 5.50. The molecule has 0 spiro atoms. The maximum absolute atomic E-state index is 12.7. The third-order valence-corrected chi connectivity index (χ3v) is 4.82. The molecule has 6 heteroatoms. The molecular formula is C19H24N2O4. The molecule has 2 aromatic rings. The first kappa shape index (κ1) is 17.6. The number of ether oxygens (including phenoxy) is 1. The summed E-state index contributed by atoms with van der Waals surface area (Å²) in [6.07, 6.45) is 1.88. The maximum Gasteiger partial charge on any atom is 0.274 e. The van der Waals surface area contributed by atoms with Crippen LogP contribution in [0, 0.1) is 12.8 Å². The highest BCUT2D eigenvalue weighted by Crippen LogP contribution is 2.32. The zero-order valence-electron chi connectivity index (χ0n) is 14.6. The highest BCUT2D eigenvalue weighted by atomic mass is 16.5. The molecular weight excluding hydrogens is 320 g/mol. The van der Waals surface area contributed by atoms with Crippen molar-refractivity contribution in [3.63, 3.8) is 0 Å². The summed E-state index contributed by atoms with van der Waals surface area (Å²) in [5.41, 5.74) is 2.10. The van der Waals surface area contributed by atoms with Crippen molar-refractivity contribution in [3.8, 4) is 0 Å². The lowest BCUT2D eigenvalue weighted by Gasteiger charge is -2.38. The van der Waals surface area contributed by atoms with Crippen LogP contribution in [0.25, 0.3) is 0 Å². The summed E-state index contributed by atoms with van der Waals surface area (Å²) < 4.78 is 10.3. The van der Waals surface area contributed by atoms with Crippen LogP contribution in [0.5, 0.6) is 0 Å². The molecule has 0 aliphatic heterocycles. The van der Waals surface area contributed by atoms with Crippen LogP contribution in [0.3, 0.4) is 0 Å². The predicted octanol–water partition coefficient (Wildman–Crippen LogP) is 2.24. The number of aromatic nitrogens is 1. The molecule has 0 unspecified atom stereocenters. The summed E-state index contributed by atoms with van der Waals surface area (Å²) in [4.78, 5) is 12.7. The lowest BCUT2D eigenvalue weighted by atomic mass is 9.75. The molecule has 6 nitrogen and oxygen atoms in total. The van der Waals surface area contributed by atoms with Gasteiger partial charge in [-0.25, -0.2) is 0 Å². The first-order valence-corrected chi connectivity index (χ1v) is 8.55. The molecule has 1 amide bonds. The van der Waals surface area contributed by atoms with Crippen LogP contribution in [0.2, 0.25) is 0 Å². The zero-order chi connectivity index (χ0) is 17.8. The number of aliphatic hydroxyl groups is 1. The molecule has 1 aliphatic rings. The molecule has 0 radical (unpaired) electrons. The van der Waals surface area contributed by atoms with E-state index < -0.39 is 0 Å². The van der Waals surface area contributed by atoms with Crippen LogP contribution in [0.1, 0.15) is 40.2 Å². The van der Waals surface area contributed by atoms with E-state index in [1.807, 2.05) is 30.3 Å². The monoisotopic (exact) mass is 344 g/mol. The topological polar surface area (TPSA) is 84.6 Å². The average Bonchev–Trinajstić information content (AvgIpc) is 2.94. The quantitative estimate of drug-likeness (QED) is 0.805. The summed E-state index contributed by atoms with van der Waals surface area (Å²) in [5, 5.41) is 16.6. The van der Waals surface area contributed by atoms with E-state index in [0.29, 0.717) is 24.2 Å². The van der Waals surface area contributed by atoms with Crippen LogP contribution in [-0.2, 0) is 17.8 Å². The van der Waals surface area contributed by atoms with E-state index in [2.05, 4.69) is 10.5 Å². The number of aryl methyl sites for hydroxylation is 1. The molecule has 1 aromatic carbocycles. The summed E-state index contributed by atoms with van der Waals surface area (Å²) in [6.45, 7) is 2.05. The molecule has 1 atom stereocenters. The molecule has 0 saturated heterocycles. The van der Waals surface area contributed by atoms with E-state index in [0.717, 1.165) is 12.0 Å². The zero-order valence-corrected chi connectivity index (χ0v) is 14.6. The van der Waals surface area contributed by atoms with Gasteiger partial charge >= 0.3 is 0 Å². The molecule has 0 bridgehead atoms. The molecule has 1 heterocycles. The van der Waals surface area contributed by atoms with Gasteiger partial charge in [-0.15, -0.1) is 0 Å². The van der Waals surface area contributed by atoms with Gasteiger partial charge in [-0.2, -0.15) is 0 Å². The Balaban J connectivity index is 1.74. The van der Waals surface area contributed by atoms with E-state index >= 15 is 0 Å². The lowest BCUT2D eigenvalue weighted by Crippen LogP contribution is -2.48. The number of carbonyl (C=O) groups excluding carboxylic acids is 1. The lowest BCUT2D eigenvalue weighted by molar-refractivity contribution is 0.0238. The molecule has 25 heavy (non-hydrogen) atoms. The number of methoxy groups -OCH3 is 1. The van der Waals surface area contributed by atoms with Crippen molar-refractivity contribution >= 4 is 5.91 Å². The van der Waals surface area contributed by atoms with Crippen molar-refractivity contribution in [1.29, 1.82) is 0 Å². The van der Waals surface area contributed by atoms with Crippen molar-refractivity contribution in [2.75, 3.05) is 7.11 Å². The Labute approximate surface area is 147 Å². The average molecular weight is 344 g/mol. The highest BCUT2D eigenvalue weighted by Gasteiger charge is 2.35. The Hall–Kier alpha value is -2.18. The fourth-order valence-electron chi connectivity index (χ4n) is 3.28. The Morgan fingerprint density at radius 3 is 2.76 bits per heavy atom. The van der Waals surface area contributed by atoms with E-state index in [1.54, 1.807) is 14.0 Å². The number of aliphatic hydroxyl groups excluding tert-OH is 1. The van der Waals surface area contributed by atoms with Crippen molar-refractivity contribution < 1.29 is 19.2 Å².